The SMILES string of the molecule is Fc1cc(-c2[c]c3c(cc2)CCC3)ccn1. The lowest BCUT2D eigenvalue weighted by atomic mass is 10.0. The number of aryl methyl sites for hydroxylation is 2. The highest BCUT2D eigenvalue weighted by atomic mass is 19.1. The fourth-order valence-electron chi connectivity index (χ4n) is 2.22. The predicted molar refractivity (Wildman–Crippen MR) is 60.5 cm³/mol. The summed E-state index contributed by atoms with van der Waals surface area (Å²) in [6.45, 7) is 0. The van der Waals surface area contributed by atoms with Crippen molar-refractivity contribution in [3.05, 3.63) is 53.6 Å². The van der Waals surface area contributed by atoms with E-state index in [9.17, 15) is 4.39 Å². The molecule has 79 valence electrons. The zero-order valence-corrected chi connectivity index (χ0v) is 8.83. The Hall–Kier alpha value is -1.70. The minimum Gasteiger partial charge on any atom is -0.228 e. The van der Waals surface area contributed by atoms with Gasteiger partial charge < -0.3 is 0 Å². The molecule has 0 spiro atoms. The van der Waals surface area contributed by atoms with Gasteiger partial charge in [-0.1, -0.05) is 12.1 Å². The number of halogens is 1. The molecule has 1 aliphatic carbocycles. The maximum absolute atomic E-state index is 13.0. The molecule has 0 unspecified atom stereocenters. The highest BCUT2D eigenvalue weighted by molar-refractivity contribution is 5.64. The van der Waals surface area contributed by atoms with Crippen LogP contribution >= 0.6 is 0 Å². The molecule has 1 aromatic carbocycles. The lowest BCUT2D eigenvalue weighted by Gasteiger charge is -2.04. The van der Waals surface area contributed by atoms with Crippen molar-refractivity contribution in [3.8, 4) is 11.1 Å². The van der Waals surface area contributed by atoms with Gasteiger partial charge in [0.25, 0.3) is 0 Å². The van der Waals surface area contributed by atoms with Crippen molar-refractivity contribution in [3.63, 3.8) is 0 Å². The Morgan fingerprint density at radius 3 is 3.00 bits per heavy atom. The van der Waals surface area contributed by atoms with Crippen molar-refractivity contribution < 1.29 is 4.39 Å². The molecule has 0 amide bonds. The van der Waals surface area contributed by atoms with Gasteiger partial charge in [0, 0.05) is 12.3 Å². The number of nitrogens with zero attached hydrogens (tertiary/aromatic N) is 1. The highest BCUT2D eigenvalue weighted by Crippen LogP contribution is 2.27. The standard InChI is InChI=1S/C14H11FN/c15-14-9-13(6-7-16-14)12-5-4-10-2-1-3-11(10)8-12/h4-7,9H,1-3H2. The largest absolute Gasteiger partial charge is 0.228 e. The number of hydrogen-bond donors (Lipinski definition) is 0. The molecule has 1 heterocycles. The quantitative estimate of drug-likeness (QED) is 0.661. The summed E-state index contributed by atoms with van der Waals surface area (Å²) in [5.41, 5.74) is 4.48. The fourth-order valence-corrected chi connectivity index (χ4v) is 2.22. The monoisotopic (exact) mass is 212 g/mol. The molecule has 16 heavy (non-hydrogen) atoms. The Labute approximate surface area is 94.0 Å². The van der Waals surface area contributed by atoms with E-state index in [1.807, 2.05) is 12.1 Å². The molecular formula is C14H11FN. The van der Waals surface area contributed by atoms with Gasteiger partial charge in [0.1, 0.15) is 0 Å². The van der Waals surface area contributed by atoms with Crippen molar-refractivity contribution in [2.75, 3.05) is 0 Å². The van der Waals surface area contributed by atoms with Crippen LogP contribution in [0.3, 0.4) is 0 Å². The van der Waals surface area contributed by atoms with E-state index in [0.29, 0.717) is 0 Å². The first kappa shape index (κ1) is 9.52. The van der Waals surface area contributed by atoms with E-state index in [-0.39, 0.29) is 0 Å². The molecule has 0 saturated heterocycles. The smallest absolute Gasteiger partial charge is 0.213 e. The molecule has 0 atom stereocenters. The molecule has 0 bridgehead atoms. The molecule has 2 aromatic rings. The van der Waals surface area contributed by atoms with Gasteiger partial charge in [0.05, 0.1) is 0 Å². The van der Waals surface area contributed by atoms with Crippen LogP contribution in [0.4, 0.5) is 4.39 Å². The van der Waals surface area contributed by atoms with Gasteiger partial charge in [-0.3, -0.25) is 0 Å². The molecule has 1 aromatic heterocycles. The van der Waals surface area contributed by atoms with Crippen molar-refractivity contribution in [2.24, 2.45) is 0 Å². The molecule has 0 aliphatic heterocycles. The number of hydrogen-bond acceptors (Lipinski definition) is 1. The molecular weight excluding hydrogens is 201 g/mol. The van der Waals surface area contributed by atoms with Crippen LogP contribution in [0.1, 0.15) is 17.5 Å². The van der Waals surface area contributed by atoms with Crippen molar-refractivity contribution >= 4 is 0 Å². The third kappa shape index (κ3) is 1.60. The summed E-state index contributed by atoms with van der Waals surface area (Å²) >= 11 is 0. The van der Waals surface area contributed by atoms with Gasteiger partial charge in [-0.2, -0.15) is 4.39 Å². The van der Waals surface area contributed by atoms with E-state index >= 15 is 0 Å². The Bertz CT molecular complexity index is 534. The summed E-state index contributed by atoms with van der Waals surface area (Å²) in [7, 11) is 0. The lowest BCUT2D eigenvalue weighted by molar-refractivity contribution is 0.584. The molecule has 2 heteroatoms. The molecule has 1 radical (unpaired) electrons. The lowest BCUT2D eigenvalue weighted by Crippen LogP contribution is -1.87. The van der Waals surface area contributed by atoms with E-state index in [4.69, 9.17) is 0 Å². The van der Waals surface area contributed by atoms with Crippen molar-refractivity contribution in [2.45, 2.75) is 19.3 Å². The van der Waals surface area contributed by atoms with E-state index in [1.165, 1.54) is 29.8 Å². The number of benzene rings is 1. The third-order valence-electron chi connectivity index (χ3n) is 3.03. The van der Waals surface area contributed by atoms with Crippen molar-refractivity contribution in [1.82, 2.24) is 4.98 Å². The molecule has 1 aliphatic rings. The van der Waals surface area contributed by atoms with E-state index in [0.717, 1.165) is 24.0 Å². The van der Waals surface area contributed by atoms with Gasteiger partial charge in [0.15, 0.2) is 0 Å². The van der Waals surface area contributed by atoms with Crippen molar-refractivity contribution in [1.29, 1.82) is 0 Å². The average Bonchev–Trinajstić information content (AvgIpc) is 2.75. The van der Waals surface area contributed by atoms with Crippen LogP contribution in [0, 0.1) is 12.0 Å². The van der Waals surface area contributed by atoms with Crippen LogP contribution in [0.25, 0.3) is 11.1 Å². The minimum atomic E-state index is -0.439. The Morgan fingerprint density at radius 2 is 2.12 bits per heavy atom. The second-order valence-corrected chi connectivity index (χ2v) is 4.10. The average molecular weight is 212 g/mol. The second-order valence-electron chi connectivity index (χ2n) is 4.10. The van der Waals surface area contributed by atoms with Gasteiger partial charge in [-0.15, -0.1) is 0 Å². The summed E-state index contributed by atoms with van der Waals surface area (Å²) in [5.74, 6) is -0.439. The fraction of sp³-hybridized carbons (Fsp3) is 0.214. The Morgan fingerprint density at radius 1 is 1.19 bits per heavy atom. The Kier molecular flexibility index (Phi) is 2.21. The van der Waals surface area contributed by atoms with Gasteiger partial charge >= 0.3 is 0 Å². The molecule has 0 fully saturated rings. The second kappa shape index (κ2) is 3.71. The summed E-state index contributed by atoms with van der Waals surface area (Å²) in [4.78, 5) is 3.56. The van der Waals surface area contributed by atoms with Gasteiger partial charge in [-0.05, 0) is 53.6 Å². The summed E-state index contributed by atoms with van der Waals surface area (Å²) < 4.78 is 13.0. The zero-order valence-electron chi connectivity index (χ0n) is 8.83. The first-order valence-electron chi connectivity index (χ1n) is 5.49. The zero-order chi connectivity index (χ0) is 11.0. The summed E-state index contributed by atoms with van der Waals surface area (Å²) in [5, 5.41) is 0. The summed E-state index contributed by atoms with van der Waals surface area (Å²) in [6, 6.07) is 10.8. The molecule has 0 N–H and O–H groups in total. The topological polar surface area (TPSA) is 12.9 Å². The summed E-state index contributed by atoms with van der Waals surface area (Å²) in [6.07, 6.45) is 4.94. The van der Waals surface area contributed by atoms with Crippen LogP contribution in [0.5, 0.6) is 0 Å². The van der Waals surface area contributed by atoms with Gasteiger partial charge in [0.2, 0.25) is 5.95 Å². The van der Waals surface area contributed by atoms with Crippen LogP contribution in [-0.2, 0) is 12.8 Å². The van der Waals surface area contributed by atoms with Gasteiger partial charge in [-0.25, -0.2) is 4.98 Å². The Balaban J connectivity index is 2.07. The number of fused-ring (bicyclic) bond motifs is 1. The highest BCUT2D eigenvalue weighted by Gasteiger charge is 2.12. The first-order valence-corrected chi connectivity index (χ1v) is 5.49. The van der Waals surface area contributed by atoms with Crippen LogP contribution in [0.15, 0.2) is 30.5 Å². The number of rotatable bonds is 1. The maximum atomic E-state index is 13.0. The predicted octanol–water partition coefficient (Wildman–Crippen LogP) is 3.18. The number of pyridine rings is 1. The van der Waals surface area contributed by atoms with Crippen LogP contribution in [-0.4, -0.2) is 4.98 Å². The first-order chi connectivity index (χ1) is 7.83. The van der Waals surface area contributed by atoms with E-state index in [2.05, 4.69) is 17.1 Å². The third-order valence-corrected chi connectivity index (χ3v) is 3.03. The molecule has 0 saturated carbocycles. The minimum absolute atomic E-state index is 0.439. The number of aromatic nitrogens is 1. The van der Waals surface area contributed by atoms with E-state index < -0.39 is 5.95 Å². The van der Waals surface area contributed by atoms with E-state index in [1.54, 1.807) is 0 Å². The normalized spacial score (nSPS) is 13.8. The van der Waals surface area contributed by atoms with Crippen LogP contribution in [0.2, 0.25) is 0 Å². The molecule has 1 nitrogen and oxygen atoms in total. The van der Waals surface area contributed by atoms with Crippen LogP contribution < -0.4 is 0 Å². The maximum Gasteiger partial charge on any atom is 0.213 e. The molecule has 3 rings (SSSR count).